The van der Waals surface area contributed by atoms with E-state index in [9.17, 15) is 9.59 Å². The zero-order valence-corrected chi connectivity index (χ0v) is 17.6. The van der Waals surface area contributed by atoms with Gasteiger partial charge < -0.3 is 24.8 Å². The Morgan fingerprint density at radius 3 is 2.45 bits per heavy atom. The topological polar surface area (TPSA) is 89.1 Å². The number of benzene rings is 2. The molecule has 1 atom stereocenters. The summed E-state index contributed by atoms with van der Waals surface area (Å²) < 4.78 is 16.4. The second kappa shape index (κ2) is 9.80. The molecule has 0 bridgehead atoms. The minimum absolute atomic E-state index is 0.104. The van der Waals surface area contributed by atoms with Gasteiger partial charge in [0.25, 0.3) is 0 Å². The Labute approximate surface area is 181 Å². The van der Waals surface area contributed by atoms with Crippen LogP contribution in [0.4, 0.5) is 0 Å². The van der Waals surface area contributed by atoms with Crippen LogP contribution in [-0.2, 0) is 20.9 Å². The van der Waals surface area contributed by atoms with Crippen LogP contribution >= 0.6 is 0 Å². The van der Waals surface area contributed by atoms with Crippen molar-refractivity contribution in [2.45, 2.75) is 19.5 Å². The molecule has 2 amide bonds. The lowest BCUT2D eigenvalue weighted by Gasteiger charge is -2.34. The third-order valence-electron chi connectivity index (χ3n) is 5.50. The number of nitrogens with one attached hydrogen (secondary N) is 2. The van der Waals surface area contributed by atoms with Gasteiger partial charge in [0.1, 0.15) is 0 Å². The molecule has 8 heteroatoms. The average molecular weight is 425 g/mol. The van der Waals surface area contributed by atoms with Crippen molar-refractivity contribution in [2.24, 2.45) is 0 Å². The van der Waals surface area contributed by atoms with Crippen molar-refractivity contribution < 1.29 is 23.8 Å². The van der Waals surface area contributed by atoms with Crippen LogP contribution in [0.25, 0.3) is 0 Å². The smallest absolute Gasteiger partial charge is 0.309 e. The Morgan fingerprint density at radius 2 is 1.68 bits per heavy atom. The minimum atomic E-state index is -0.647. The van der Waals surface area contributed by atoms with Crippen LogP contribution in [0.15, 0.2) is 42.5 Å². The molecule has 8 nitrogen and oxygen atoms in total. The van der Waals surface area contributed by atoms with E-state index in [0.29, 0.717) is 37.8 Å². The van der Waals surface area contributed by atoms with E-state index in [-0.39, 0.29) is 12.8 Å². The number of aryl methyl sites for hydroxylation is 1. The number of morpholine rings is 1. The maximum absolute atomic E-state index is 12.4. The van der Waals surface area contributed by atoms with Gasteiger partial charge in [-0.2, -0.15) is 0 Å². The first-order valence-corrected chi connectivity index (χ1v) is 10.4. The van der Waals surface area contributed by atoms with Crippen LogP contribution in [0.2, 0.25) is 0 Å². The van der Waals surface area contributed by atoms with E-state index in [1.165, 1.54) is 0 Å². The fourth-order valence-electron chi connectivity index (χ4n) is 3.71. The Morgan fingerprint density at radius 1 is 0.968 bits per heavy atom. The summed E-state index contributed by atoms with van der Waals surface area (Å²) in [6, 6.07) is 13.5. The van der Waals surface area contributed by atoms with Gasteiger partial charge in [-0.3, -0.25) is 14.5 Å². The lowest BCUT2D eigenvalue weighted by atomic mass is 10.0. The predicted molar refractivity (Wildman–Crippen MR) is 114 cm³/mol. The van der Waals surface area contributed by atoms with Gasteiger partial charge in [-0.25, -0.2) is 0 Å². The van der Waals surface area contributed by atoms with Crippen molar-refractivity contribution in [1.82, 2.24) is 15.5 Å². The summed E-state index contributed by atoms with van der Waals surface area (Å²) in [6.45, 7) is 5.57. The summed E-state index contributed by atoms with van der Waals surface area (Å²) in [5.74, 6) is 0.111. The first-order chi connectivity index (χ1) is 15.1. The largest absolute Gasteiger partial charge is 0.454 e. The molecule has 2 aliphatic rings. The van der Waals surface area contributed by atoms with Crippen molar-refractivity contribution in [1.29, 1.82) is 0 Å². The van der Waals surface area contributed by atoms with Gasteiger partial charge >= 0.3 is 11.8 Å². The van der Waals surface area contributed by atoms with Crippen LogP contribution in [-0.4, -0.2) is 56.4 Å². The fraction of sp³-hybridized carbons (Fsp3) is 0.391. The maximum Gasteiger partial charge on any atom is 0.309 e. The molecule has 4 rings (SSSR count). The number of hydrogen-bond acceptors (Lipinski definition) is 6. The minimum Gasteiger partial charge on any atom is -0.454 e. The molecular formula is C23H27N3O5. The maximum atomic E-state index is 12.4. The highest BCUT2D eigenvalue weighted by atomic mass is 16.7. The number of amides is 2. The van der Waals surface area contributed by atoms with E-state index in [1.807, 2.05) is 49.4 Å². The first kappa shape index (κ1) is 21.1. The number of rotatable bonds is 6. The van der Waals surface area contributed by atoms with E-state index >= 15 is 0 Å². The lowest BCUT2D eigenvalue weighted by molar-refractivity contribution is -0.139. The van der Waals surface area contributed by atoms with Gasteiger partial charge in [0, 0.05) is 26.2 Å². The number of ether oxygens (including phenoxy) is 3. The van der Waals surface area contributed by atoms with Crippen LogP contribution in [0.1, 0.15) is 22.7 Å². The first-order valence-electron chi connectivity index (χ1n) is 10.4. The molecule has 0 unspecified atom stereocenters. The quantitative estimate of drug-likeness (QED) is 0.683. The molecule has 1 fully saturated rings. The second-order valence-electron chi connectivity index (χ2n) is 7.66. The Bertz CT molecular complexity index is 925. The molecule has 0 aromatic heterocycles. The van der Waals surface area contributed by atoms with E-state index < -0.39 is 11.8 Å². The van der Waals surface area contributed by atoms with Crippen molar-refractivity contribution in [3.05, 3.63) is 59.2 Å². The van der Waals surface area contributed by atoms with E-state index in [1.54, 1.807) is 0 Å². The SMILES string of the molecule is Cc1ccc(CNC(=O)C(=O)NC[C@@H](c2ccc3c(c2)OCO3)N2CCOCC2)cc1. The van der Waals surface area contributed by atoms with Crippen LogP contribution < -0.4 is 20.1 Å². The number of fused-ring (bicyclic) bond motifs is 1. The molecular weight excluding hydrogens is 398 g/mol. The normalized spacial score (nSPS) is 16.5. The van der Waals surface area contributed by atoms with Crippen molar-refractivity contribution in [3.63, 3.8) is 0 Å². The Hall–Kier alpha value is -3.10. The highest BCUT2D eigenvalue weighted by molar-refractivity contribution is 6.35. The predicted octanol–water partition coefficient (Wildman–Crippen LogP) is 1.53. The zero-order valence-electron chi connectivity index (χ0n) is 17.6. The van der Waals surface area contributed by atoms with Crippen LogP contribution in [0.5, 0.6) is 11.5 Å². The Balaban J connectivity index is 1.37. The number of hydrogen-bond donors (Lipinski definition) is 2. The molecule has 1 saturated heterocycles. The van der Waals surface area contributed by atoms with Crippen molar-refractivity contribution in [2.75, 3.05) is 39.6 Å². The van der Waals surface area contributed by atoms with Gasteiger partial charge in [0.15, 0.2) is 11.5 Å². The van der Waals surface area contributed by atoms with Crippen molar-refractivity contribution in [3.8, 4) is 11.5 Å². The van der Waals surface area contributed by atoms with Gasteiger partial charge in [0.2, 0.25) is 6.79 Å². The summed E-state index contributed by atoms with van der Waals surface area (Å²) in [4.78, 5) is 26.9. The van der Waals surface area contributed by atoms with Crippen LogP contribution in [0.3, 0.4) is 0 Å². The fourth-order valence-corrected chi connectivity index (χ4v) is 3.71. The standard InChI is InChI=1S/C23H27N3O5/c1-16-2-4-17(5-3-16)13-24-22(27)23(28)25-14-19(26-8-10-29-11-9-26)18-6-7-20-21(12-18)31-15-30-20/h2-7,12,19H,8-11,13-15H2,1H3,(H,24,27)(H,25,28)/t19-/m0/s1. The van der Waals surface area contributed by atoms with Gasteiger partial charge in [-0.15, -0.1) is 0 Å². The van der Waals surface area contributed by atoms with Gasteiger partial charge in [-0.1, -0.05) is 35.9 Å². The molecule has 31 heavy (non-hydrogen) atoms. The summed E-state index contributed by atoms with van der Waals surface area (Å²) in [5, 5.41) is 5.46. The average Bonchev–Trinajstić information content (AvgIpc) is 3.27. The highest BCUT2D eigenvalue weighted by Crippen LogP contribution is 2.35. The molecule has 2 aliphatic heterocycles. The molecule has 2 heterocycles. The monoisotopic (exact) mass is 425 g/mol. The highest BCUT2D eigenvalue weighted by Gasteiger charge is 2.26. The zero-order chi connectivity index (χ0) is 21.6. The number of carbonyl (C=O) groups excluding carboxylic acids is 2. The van der Waals surface area contributed by atoms with Crippen LogP contribution in [0, 0.1) is 6.92 Å². The van der Waals surface area contributed by atoms with E-state index in [2.05, 4.69) is 15.5 Å². The van der Waals surface area contributed by atoms with Gasteiger partial charge in [0.05, 0.1) is 19.3 Å². The molecule has 164 valence electrons. The molecule has 0 radical (unpaired) electrons. The van der Waals surface area contributed by atoms with E-state index in [4.69, 9.17) is 14.2 Å². The second-order valence-corrected chi connectivity index (χ2v) is 7.66. The summed E-state index contributed by atoms with van der Waals surface area (Å²) in [5.41, 5.74) is 3.08. The van der Waals surface area contributed by atoms with Gasteiger partial charge in [-0.05, 0) is 30.2 Å². The molecule has 0 saturated carbocycles. The third-order valence-corrected chi connectivity index (χ3v) is 5.50. The van der Waals surface area contributed by atoms with E-state index in [0.717, 1.165) is 29.8 Å². The summed E-state index contributed by atoms with van der Waals surface area (Å²) in [7, 11) is 0. The number of nitrogens with zero attached hydrogens (tertiary/aromatic N) is 1. The number of carbonyl (C=O) groups is 2. The lowest BCUT2D eigenvalue weighted by Crippen LogP contribution is -2.46. The summed E-state index contributed by atoms with van der Waals surface area (Å²) >= 11 is 0. The molecule has 2 aromatic rings. The third kappa shape index (κ3) is 5.34. The molecule has 2 aromatic carbocycles. The molecule has 0 spiro atoms. The molecule has 0 aliphatic carbocycles. The molecule has 2 N–H and O–H groups in total. The van der Waals surface area contributed by atoms with Crippen molar-refractivity contribution >= 4 is 11.8 Å². The Kier molecular flexibility index (Phi) is 6.69. The summed E-state index contributed by atoms with van der Waals surface area (Å²) in [6.07, 6.45) is 0.